The molecule has 146 valence electrons. The fourth-order valence-electron chi connectivity index (χ4n) is 2.90. The third kappa shape index (κ3) is 4.86. The first-order chi connectivity index (χ1) is 13.4. The number of nitrogens with zero attached hydrogens (tertiary/aromatic N) is 2. The van der Waals surface area contributed by atoms with Gasteiger partial charge in [-0.3, -0.25) is 19.7 Å². The van der Waals surface area contributed by atoms with Gasteiger partial charge in [0.05, 0.1) is 4.92 Å². The fourth-order valence-corrected chi connectivity index (χ4v) is 3.20. The Morgan fingerprint density at radius 1 is 1.11 bits per heavy atom. The van der Waals surface area contributed by atoms with Crippen molar-refractivity contribution in [2.24, 2.45) is 0 Å². The van der Waals surface area contributed by atoms with Crippen LogP contribution < -0.4 is 5.32 Å². The van der Waals surface area contributed by atoms with Crippen LogP contribution in [0.4, 0.5) is 5.69 Å². The lowest BCUT2D eigenvalue weighted by molar-refractivity contribution is -0.384. The first-order valence-electron chi connectivity index (χ1n) is 8.76. The molecule has 0 unspecified atom stereocenters. The lowest BCUT2D eigenvalue weighted by Gasteiger charge is -2.27. The highest BCUT2D eigenvalue weighted by molar-refractivity contribution is 9.10. The highest BCUT2D eigenvalue weighted by Gasteiger charge is 2.23. The number of nitro benzene ring substituents is 1. The third-order valence-corrected chi connectivity index (χ3v) is 4.76. The van der Waals surface area contributed by atoms with Gasteiger partial charge in [0, 0.05) is 25.2 Å². The molecule has 1 fully saturated rings. The van der Waals surface area contributed by atoms with E-state index < -0.39 is 10.8 Å². The molecule has 1 aliphatic rings. The lowest BCUT2D eigenvalue weighted by atomic mass is 10.1. The number of non-ortho nitro benzene ring substituents is 1. The van der Waals surface area contributed by atoms with Gasteiger partial charge in [-0.25, -0.2) is 0 Å². The molecule has 0 spiro atoms. The number of furan rings is 1. The molecule has 1 saturated heterocycles. The van der Waals surface area contributed by atoms with Gasteiger partial charge in [0.25, 0.3) is 17.5 Å². The molecule has 2 aromatic rings. The Morgan fingerprint density at radius 3 is 2.36 bits per heavy atom. The van der Waals surface area contributed by atoms with Crippen LogP contribution in [0.3, 0.4) is 0 Å². The number of amides is 2. The van der Waals surface area contributed by atoms with E-state index in [1.807, 2.05) is 0 Å². The van der Waals surface area contributed by atoms with E-state index in [1.54, 1.807) is 11.0 Å². The smallest absolute Gasteiger partial charge is 0.291 e. The Balaban J connectivity index is 1.87. The van der Waals surface area contributed by atoms with E-state index in [0.717, 1.165) is 19.3 Å². The molecule has 1 aliphatic heterocycles. The molecule has 0 saturated carbocycles. The van der Waals surface area contributed by atoms with Crippen LogP contribution in [0.25, 0.3) is 6.08 Å². The molecular weight excluding hydrogens is 430 g/mol. The zero-order chi connectivity index (χ0) is 20.1. The van der Waals surface area contributed by atoms with E-state index in [0.29, 0.717) is 23.3 Å². The van der Waals surface area contributed by atoms with Crippen LogP contribution in [0.5, 0.6) is 0 Å². The normalized spacial score (nSPS) is 14.6. The zero-order valence-electron chi connectivity index (χ0n) is 14.9. The maximum absolute atomic E-state index is 12.9. The van der Waals surface area contributed by atoms with Gasteiger partial charge < -0.3 is 14.6 Å². The first kappa shape index (κ1) is 19.8. The molecule has 0 atom stereocenters. The number of likely N-dealkylation sites (tertiary alicyclic amines) is 1. The van der Waals surface area contributed by atoms with Gasteiger partial charge in [0.15, 0.2) is 10.4 Å². The predicted octanol–water partition coefficient (Wildman–Crippen LogP) is 3.73. The van der Waals surface area contributed by atoms with Gasteiger partial charge in [-0.1, -0.05) is 0 Å². The highest BCUT2D eigenvalue weighted by atomic mass is 79.9. The van der Waals surface area contributed by atoms with Gasteiger partial charge in [-0.15, -0.1) is 0 Å². The maximum atomic E-state index is 12.9. The molecule has 1 aromatic heterocycles. The minimum Gasteiger partial charge on any atom is -0.444 e. The van der Waals surface area contributed by atoms with Crippen molar-refractivity contribution in [3.8, 4) is 0 Å². The summed E-state index contributed by atoms with van der Waals surface area (Å²) in [6.07, 6.45) is 4.40. The Labute approximate surface area is 169 Å². The van der Waals surface area contributed by atoms with Crippen molar-refractivity contribution in [3.05, 3.63) is 68.2 Å². The van der Waals surface area contributed by atoms with E-state index in [4.69, 9.17) is 4.42 Å². The minimum atomic E-state index is -0.552. The Morgan fingerprint density at radius 2 is 1.79 bits per heavy atom. The van der Waals surface area contributed by atoms with Crippen LogP contribution in [0.2, 0.25) is 0 Å². The molecule has 2 amide bonds. The number of nitrogens with one attached hydrogen (secondary N) is 1. The topological polar surface area (TPSA) is 106 Å². The summed E-state index contributed by atoms with van der Waals surface area (Å²) in [7, 11) is 0. The molecule has 1 aromatic carbocycles. The molecule has 2 heterocycles. The Hall–Kier alpha value is -2.94. The number of nitro groups is 1. The van der Waals surface area contributed by atoms with Gasteiger partial charge in [0.1, 0.15) is 5.70 Å². The first-order valence-corrected chi connectivity index (χ1v) is 9.55. The summed E-state index contributed by atoms with van der Waals surface area (Å²) in [6, 6.07) is 8.82. The third-order valence-electron chi connectivity index (χ3n) is 4.33. The summed E-state index contributed by atoms with van der Waals surface area (Å²) in [6.45, 7) is 1.25. The summed E-state index contributed by atoms with van der Waals surface area (Å²) in [4.78, 5) is 37.4. The number of hydrogen-bond donors (Lipinski definition) is 1. The minimum absolute atomic E-state index is 0.0504. The molecule has 8 nitrogen and oxygen atoms in total. The van der Waals surface area contributed by atoms with Crippen LogP contribution in [0.1, 0.15) is 35.4 Å². The second kappa shape index (κ2) is 8.83. The van der Waals surface area contributed by atoms with Crippen molar-refractivity contribution in [1.82, 2.24) is 10.2 Å². The van der Waals surface area contributed by atoms with Crippen molar-refractivity contribution in [2.75, 3.05) is 13.1 Å². The van der Waals surface area contributed by atoms with Gasteiger partial charge in [0.2, 0.25) is 0 Å². The number of rotatable bonds is 5. The Bertz CT molecular complexity index is 914. The molecule has 0 aliphatic carbocycles. The number of carbonyl (C=O) groups is 2. The molecule has 0 bridgehead atoms. The van der Waals surface area contributed by atoms with Crippen molar-refractivity contribution < 1.29 is 18.9 Å². The Kier molecular flexibility index (Phi) is 6.25. The fraction of sp³-hybridized carbons (Fsp3) is 0.263. The zero-order valence-corrected chi connectivity index (χ0v) is 16.5. The van der Waals surface area contributed by atoms with E-state index in [-0.39, 0.29) is 23.1 Å². The number of halogens is 1. The van der Waals surface area contributed by atoms with Gasteiger partial charge in [-0.05, 0) is 71.1 Å². The van der Waals surface area contributed by atoms with E-state index >= 15 is 0 Å². The molecule has 0 radical (unpaired) electrons. The summed E-state index contributed by atoms with van der Waals surface area (Å²) >= 11 is 3.14. The second-order valence-corrected chi connectivity index (χ2v) is 7.10. The van der Waals surface area contributed by atoms with Crippen LogP contribution in [-0.2, 0) is 4.79 Å². The second-order valence-electron chi connectivity index (χ2n) is 6.32. The van der Waals surface area contributed by atoms with Crippen molar-refractivity contribution in [3.63, 3.8) is 0 Å². The average Bonchev–Trinajstić information content (AvgIpc) is 3.14. The van der Waals surface area contributed by atoms with Crippen molar-refractivity contribution in [1.29, 1.82) is 0 Å². The largest absolute Gasteiger partial charge is 0.444 e. The van der Waals surface area contributed by atoms with Crippen LogP contribution in [0.15, 0.2) is 51.2 Å². The SMILES string of the molecule is O=C(N/C(=C\c1ccc([N+](=O)[O-])cc1)C(=O)N1CCCCC1)c1ccc(Br)o1. The number of carbonyl (C=O) groups excluding carboxylic acids is 2. The standard InChI is InChI=1S/C19H18BrN3O5/c20-17-9-8-16(28-17)18(24)21-15(19(25)22-10-2-1-3-11-22)12-13-4-6-14(7-5-13)23(26)27/h4-9,12H,1-3,10-11H2,(H,21,24)/b15-12-. The number of hydrogen-bond acceptors (Lipinski definition) is 5. The summed E-state index contributed by atoms with van der Waals surface area (Å²) in [5.74, 6) is -0.783. The monoisotopic (exact) mass is 447 g/mol. The van der Waals surface area contributed by atoms with Crippen molar-refractivity contribution >= 4 is 39.5 Å². The number of benzene rings is 1. The summed E-state index contributed by atoms with van der Waals surface area (Å²) < 4.78 is 5.64. The summed E-state index contributed by atoms with van der Waals surface area (Å²) in [5, 5.41) is 13.4. The number of piperidine rings is 1. The van der Waals surface area contributed by atoms with Crippen LogP contribution in [0, 0.1) is 10.1 Å². The molecule has 3 rings (SSSR count). The quantitative estimate of drug-likeness (QED) is 0.426. The molecule has 9 heteroatoms. The maximum Gasteiger partial charge on any atom is 0.291 e. The average molecular weight is 448 g/mol. The lowest BCUT2D eigenvalue weighted by Crippen LogP contribution is -2.41. The van der Waals surface area contributed by atoms with E-state index in [1.165, 1.54) is 36.4 Å². The van der Waals surface area contributed by atoms with E-state index in [2.05, 4.69) is 21.2 Å². The van der Waals surface area contributed by atoms with E-state index in [9.17, 15) is 19.7 Å². The highest BCUT2D eigenvalue weighted by Crippen LogP contribution is 2.18. The molecular formula is C19H18BrN3O5. The van der Waals surface area contributed by atoms with Gasteiger partial charge >= 0.3 is 0 Å². The van der Waals surface area contributed by atoms with Crippen molar-refractivity contribution in [2.45, 2.75) is 19.3 Å². The van der Waals surface area contributed by atoms with Crippen LogP contribution >= 0.6 is 15.9 Å². The van der Waals surface area contributed by atoms with Gasteiger partial charge in [-0.2, -0.15) is 0 Å². The van der Waals surface area contributed by atoms with Crippen LogP contribution in [-0.4, -0.2) is 34.7 Å². The molecule has 1 N–H and O–H groups in total. The summed E-state index contributed by atoms with van der Waals surface area (Å²) in [5.41, 5.74) is 0.602. The molecule has 28 heavy (non-hydrogen) atoms. The predicted molar refractivity (Wildman–Crippen MR) is 105 cm³/mol.